The Morgan fingerprint density at radius 2 is 1.75 bits per heavy atom. The lowest BCUT2D eigenvalue weighted by Crippen LogP contribution is -2.22. The normalized spacial score (nSPS) is 11.3. The zero-order valence-corrected chi connectivity index (χ0v) is 14.8. The van der Waals surface area contributed by atoms with E-state index < -0.39 is 10.0 Å². The second-order valence-corrected chi connectivity index (χ2v) is 7.64. The second kappa shape index (κ2) is 7.65. The molecule has 0 atom stereocenters. The van der Waals surface area contributed by atoms with E-state index in [1.165, 1.54) is 38.4 Å². The van der Waals surface area contributed by atoms with Gasteiger partial charge in [-0.2, -0.15) is 0 Å². The number of carbonyl (C=O) groups excluding carboxylic acids is 1. The molecule has 0 aliphatic heterocycles. The van der Waals surface area contributed by atoms with Crippen molar-refractivity contribution in [3.8, 4) is 5.75 Å². The summed E-state index contributed by atoms with van der Waals surface area (Å²) in [5.41, 5.74) is 0.473. The lowest BCUT2D eigenvalue weighted by molar-refractivity contribution is -0.118. The Bertz CT molecular complexity index is 820. The molecule has 0 unspecified atom stereocenters. The summed E-state index contributed by atoms with van der Waals surface area (Å²) < 4.78 is 30.4. The maximum Gasteiger partial charge on any atom is 0.262 e. The molecule has 0 saturated heterocycles. The molecular weight excluding hydrogens is 352 g/mol. The van der Waals surface area contributed by atoms with Crippen molar-refractivity contribution in [1.82, 2.24) is 4.31 Å². The minimum atomic E-state index is -3.49. The van der Waals surface area contributed by atoms with Gasteiger partial charge in [-0.3, -0.25) is 4.79 Å². The quantitative estimate of drug-likeness (QED) is 0.850. The lowest BCUT2D eigenvalue weighted by atomic mass is 10.3. The van der Waals surface area contributed by atoms with Crippen molar-refractivity contribution in [2.75, 3.05) is 26.0 Å². The lowest BCUT2D eigenvalue weighted by Gasteiger charge is -2.12. The zero-order valence-electron chi connectivity index (χ0n) is 13.2. The van der Waals surface area contributed by atoms with Gasteiger partial charge >= 0.3 is 0 Å². The van der Waals surface area contributed by atoms with Crippen LogP contribution in [0.2, 0.25) is 5.02 Å². The van der Waals surface area contributed by atoms with Gasteiger partial charge < -0.3 is 10.1 Å². The predicted molar refractivity (Wildman–Crippen MR) is 92.9 cm³/mol. The Morgan fingerprint density at radius 1 is 1.12 bits per heavy atom. The largest absolute Gasteiger partial charge is 0.482 e. The zero-order chi connectivity index (χ0) is 17.7. The number of nitrogens with one attached hydrogen (secondary N) is 1. The molecule has 0 heterocycles. The van der Waals surface area contributed by atoms with Crippen LogP contribution in [0.1, 0.15) is 0 Å². The molecule has 0 spiro atoms. The molecule has 0 aliphatic carbocycles. The van der Waals surface area contributed by atoms with E-state index in [2.05, 4.69) is 5.32 Å². The number of amides is 1. The first kappa shape index (κ1) is 18.3. The smallest absolute Gasteiger partial charge is 0.262 e. The van der Waals surface area contributed by atoms with Gasteiger partial charge in [0.25, 0.3) is 5.91 Å². The van der Waals surface area contributed by atoms with E-state index in [-0.39, 0.29) is 17.4 Å². The molecule has 1 amide bonds. The third-order valence-electron chi connectivity index (χ3n) is 3.11. The van der Waals surface area contributed by atoms with Crippen molar-refractivity contribution in [2.24, 2.45) is 0 Å². The van der Waals surface area contributed by atoms with E-state index in [0.29, 0.717) is 16.5 Å². The standard InChI is InChI=1S/C16H17ClN2O4S/c1-19(2)24(21,22)13-9-7-12(8-10-13)18-16(20)11-23-15-6-4-3-5-14(15)17/h3-10H,11H2,1-2H3,(H,18,20). The fraction of sp³-hybridized carbons (Fsp3) is 0.188. The summed E-state index contributed by atoms with van der Waals surface area (Å²) in [4.78, 5) is 12.0. The number of rotatable bonds is 6. The maximum atomic E-state index is 12.0. The molecule has 0 saturated carbocycles. The number of nitrogens with zero attached hydrogens (tertiary/aromatic N) is 1. The molecule has 2 rings (SSSR count). The van der Waals surface area contributed by atoms with Crippen LogP contribution in [0.3, 0.4) is 0 Å². The van der Waals surface area contributed by atoms with Crippen molar-refractivity contribution >= 4 is 33.2 Å². The topological polar surface area (TPSA) is 75.7 Å². The predicted octanol–water partition coefficient (Wildman–Crippen LogP) is 2.61. The fourth-order valence-corrected chi connectivity index (χ4v) is 2.92. The average molecular weight is 369 g/mol. The van der Waals surface area contributed by atoms with Gasteiger partial charge in [0.05, 0.1) is 9.92 Å². The number of anilines is 1. The third-order valence-corrected chi connectivity index (χ3v) is 5.25. The Balaban J connectivity index is 1.96. The van der Waals surface area contributed by atoms with E-state index in [4.69, 9.17) is 16.3 Å². The number of ether oxygens (including phenoxy) is 1. The molecule has 2 aromatic carbocycles. The van der Waals surface area contributed by atoms with Gasteiger partial charge in [0.15, 0.2) is 6.61 Å². The van der Waals surface area contributed by atoms with Gasteiger partial charge in [-0.05, 0) is 36.4 Å². The first-order valence-electron chi connectivity index (χ1n) is 7.00. The van der Waals surface area contributed by atoms with Crippen LogP contribution >= 0.6 is 11.6 Å². The summed E-state index contributed by atoms with van der Waals surface area (Å²) in [6.45, 7) is -0.207. The molecule has 0 aliphatic rings. The van der Waals surface area contributed by atoms with Crippen LogP contribution in [-0.2, 0) is 14.8 Å². The van der Waals surface area contributed by atoms with Crippen LogP contribution in [0.5, 0.6) is 5.75 Å². The maximum absolute atomic E-state index is 12.0. The van der Waals surface area contributed by atoms with Crippen LogP contribution in [-0.4, -0.2) is 39.3 Å². The van der Waals surface area contributed by atoms with E-state index in [1.807, 2.05) is 0 Å². The van der Waals surface area contributed by atoms with Gasteiger partial charge in [-0.1, -0.05) is 23.7 Å². The summed E-state index contributed by atoms with van der Waals surface area (Å²) in [5, 5.41) is 3.04. The minimum absolute atomic E-state index is 0.151. The second-order valence-electron chi connectivity index (χ2n) is 5.08. The number of halogens is 1. The van der Waals surface area contributed by atoms with Crippen LogP contribution < -0.4 is 10.1 Å². The molecule has 128 valence electrons. The highest BCUT2D eigenvalue weighted by Gasteiger charge is 2.16. The van der Waals surface area contributed by atoms with Crippen LogP contribution in [0.4, 0.5) is 5.69 Å². The molecule has 0 bridgehead atoms. The van der Waals surface area contributed by atoms with Crippen molar-refractivity contribution in [1.29, 1.82) is 0 Å². The Labute approximate surface area is 146 Å². The Hall–Kier alpha value is -2.09. The number of para-hydroxylation sites is 1. The van der Waals surface area contributed by atoms with Gasteiger partial charge in [-0.15, -0.1) is 0 Å². The van der Waals surface area contributed by atoms with Crippen LogP contribution in [0.25, 0.3) is 0 Å². The number of hydrogen-bond acceptors (Lipinski definition) is 4. The summed E-state index contributed by atoms with van der Waals surface area (Å²) >= 11 is 5.94. The first-order chi connectivity index (χ1) is 11.3. The Morgan fingerprint density at radius 3 is 2.33 bits per heavy atom. The summed E-state index contributed by atoms with van der Waals surface area (Å²) in [6, 6.07) is 12.7. The molecule has 2 aromatic rings. The van der Waals surface area contributed by atoms with E-state index >= 15 is 0 Å². The third kappa shape index (κ3) is 4.47. The monoisotopic (exact) mass is 368 g/mol. The van der Waals surface area contributed by atoms with Crippen molar-refractivity contribution < 1.29 is 17.9 Å². The van der Waals surface area contributed by atoms with E-state index in [1.54, 1.807) is 24.3 Å². The minimum Gasteiger partial charge on any atom is -0.482 e. The number of benzene rings is 2. The van der Waals surface area contributed by atoms with Gasteiger partial charge in [0.2, 0.25) is 10.0 Å². The molecule has 1 N–H and O–H groups in total. The van der Waals surface area contributed by atoms with E-state index in [0.717, 1.165) is 4.31 Å². The molecule has 6 nitrogen and oxygen atoms in total. The molecule has 24 heavy (non-hydrogen) atoms. The molecule has 8 heteroatoms. The van der Waals surface area contributed by atoms with Crippen LogP contribution in [0, 0.1) is 0 Å². The molecular formula is C16H17ClN2O4S. The number of carbonyl (C=O) groups is 1. The Kier molecular flexibility index (Phi) is 5.82. The summed E-state index contributed by atoms with van der Waals surface area (Å²) in [6.07, 6.45) is 0. The number of sulfonamides is 1. The summed E-state index contributed by atoms with van der Waals surface area (Å²) in [5.74, 6) is 0.0416. The fourth-order valence-electron chi connectivity index (χ4n) is 1.82. The summed E-state index contributed by atoms with van der Waals surface area (Å²) in [7, 11) is -0.581. The highest BCUT2D eigenvalue weighted by Crippen LogP contribution is 2.23. The number of hydrogen-bond donors (Lipinski definition) is 1. The highest BCUT2D eigenvalue weighted by molar-refractivity contribution is 7.89. The average Bonchev–Trinajstić information content (AvgIpc) is 2.54. The highest BCUT2D eigenvalue weighted by atomic mass is 35.5. The molecule has 0 radical (unpaired) electrons. The first-order valence-corrected chi connectivity index (χ1v) is 8.82. The van der Waals surface area contributed by atoms with Crippen molar-refractivity contribution in [3.63, 3.8) is 0 Å². The molecule has 0 fully saturated rings. The van der Waals surface area contributed by atoms with Gasteiger partial charge in [0.1, 0.15) is 5.75 Å². The van der Waals surface area contributed by atoms with Crippen LogP contribution in [0.15, 0.2) is 53.4 Å². The van der Waals surface area contributed by atoms with Gasteiger partial charge in [-0.25, -0.2) is 12.7 Å². The van der Waals surface area contributed by atoms with Crippen molar-refractivity contribution in [2.45, 2.75) is 4.90 Å². The van der Waals surface area contributed by atoms with E-state index in [9.17, 15) is 13.2 Å². The van der Waals surface area contributed by atoms with Crippen molar-refractivity contribution in [3.05, 3.63) is 53.6 Å². The SMILES string of the molecule is CN(C)S(=O)(=O)c1ccc(NC(=O)COc2ccccc2Cl)cc1. The molecule has 0 aromatic heterocycles. The van der Waals surface area contributed by atoms with Gasteiger partial charge in [0, 0.05) is 19.8 Å².